The van der Waals surface area contributed by atoms with Gasteiger partial charge in [-0.3, -0.25) is 0 Å². The van der Waals surface area contributed by atoms with Crippen molar-refractivity contribution >= 4 is 17.7 Å². The van der Waals surface area contributed by atoms with E-state index < -0.39 is 5.97 Å². The zero-order valence-corrected chi connectivity index (χ0v) is 11.1. The van der Waals surface area contributed by atoms with Crippen LogP contribution in [0.15, 0.2) is 9.64 Å². The van der Waals surface area contributed by atoms with E-state index in [0.717, 1.165) is 18.7 Å². The molecule has 0 spiro atoms. The lowest BCUT2D eigenvalue weighted by Crippen LogP contribution is -2.13. The van der Waals surface area contributed by atoms with Crippen LogP contribution in [0.2, 0.25) is 0 Å². The van der Waals surface area contributed by atoms with Crippen LogP contribution in [0.1, 0.15) is 24.0 Å². The molecule has 96 valence electrons. The number of esters is 1. The topological polar surface area (TPSA) is 68.5 Å². The van der Waals surface area contributed by atoms with Gasteiger partial charge < -0.3 is 14.1 Å². The summed E-state index contributed by atoms with van der Waals surface area (Å²) in [5.41, 5.74) is 0. The highest BCUT2D eigenvalue weighted by Gasteiger charge is 2.15. The number of thioether (sulfide) groups is 1. The molecule has 0 bridgehead atoms. The van der Waals surface area contributed by atoms with Crippen LogP contribution in [0.5, 0.6) is 0 Å². The fourth-order valence-corrected chi connectivity index (χ4v) is 1.77. The van der Waals surface area contributed by atoms with Crippen LogP contribution in [0.3, 0.4) is 0 Å². The third-order valence-corrected chi connectivity index (χ3v) is 2.74. The Kier molecular flexibility index (Phi) is 5.99. The van der Waals surface area contributed by atoms with Crippen molar-refractivity contribution < 1.29 is 13.9 Å². The average Bonchev–Trinajstić information content (AvgIpc) is 2.73. The first-order valence-corrected chi connectivity index (χ1v) is 6.40. The summed E-state index contributed by atoms with van der Waals surface area (Å²) in [6.07, 6.45) is 1.02. The van der Waals surface area contributed by atoms with Crippen LogP contribution < -0.4 is 0 Å². The van der Waals surface area contributed by atoms with Gasteiger partial charge in [0.1, 0.15) is 0 Å². The number of hydrogen-bond acceptors (Lipinski definition) is 7. The molecule has 0 aliphatic carbocycles. The van der Waals surface area contributed by atoms with Crippen LogP contribution in [-0.2, 0) is 4.74 Å². The van der Waals surface area contributed by atoms with E-state index >= 15 is 0 Å². The van der Waals surface area contributed by atoms with Crippen molar-refractivity contribution in [1.82, 2.24) is 15.1 Å². The molecule has 0 saturated carbocycles. The van der Waals surface area contributed by atoms with E-state index in [2.05, 4.69) is 15.1 Å². The minimum Gasteiger partial charge on any atom is -0.459 e. The van der Waals surface area contributed by atoms with Crippen molar-refractivity contribution in [3.05, 3.63) is 5.89 Å². The SMILES string of the molecule is CCOC(=O)c1nnc(SCCCN(C)C)o1. The molecule has 0 unspecified atom stereocenters. The van der Waals surface area contributed by atoms with Crippen molar-refractivity contribution in [2.45, 2.75) is 18.6 Å². The monoisotopic (exact) mass is 259 g/mol. The number of ether oxygens (including phenoxy) is 1. The molecule has 0 aliphatic rings. The van der Waals surface area contributed by atoms with E-state index in [1.54, 1.807) is 6.92 Å². The van der Waals surface area contributed by atoms with Gasteiger partial charge in [0.2, 0.25) is 0 Å². The molecule has 1 rings (SSSR count). The molecule has 1 aromatic heterocycles. The second-order valence-corrected chi connectivity index (χ2v) is 4.65. The van der Waals surface area contributed by atoms with E-state index in [9.17, 15) is 4.79 Å². The van der Waals surface area contributed by atoms with Crippen LogP contribution in [0.25, 0.3) is 0 Å². The summed E-state index contributed by atoms with van der Waals surface area (Å²) < 4.78 is 9.90. The minimum atomic E-state index is -0.569. The number of hydrogen-bond donors (Lipinski definition) is 0. The normalized spacial score (nSPS) is 10.8. The van der Waals surface area contributed by atoms with E-state index in [1.807, 2.05) is 14.1 Å². The Balaban J connectivity index is 2.33. The first kappa shape index (κ1) is 14.0. The van der Waals surface area contributed by atoms with E-state index in [-0.39, 0.29) is 5.89 Å². The van der Waals surface area contributed by atoms with Crippen molar-refractivity contribution in [2.75, 3.05) is 33.0 Å². The molecule has 1 aromatic rings. The number of rotatable bonds is 7. The van der Waals surface area contributed by atoms with Gasteiger partial charge in [0, 0.05) is 5.75 Å². The lowest BCUT2D eigenvalue weighted by Gasteiger charge is -2.07. The van der Waals surface area contributed by atoms with Crippen molar-refractivity contribution in [3.63, 3.8) is 0 Å². The van der Waals surface area contributed by atoms with Gasteiger partial charge in [0.25, 0.3) is 5.22 Å². The number of aromatic nitrogens is 2. The molecular formula is C10H17N3O3S. The summed E-state index contributed by atoms with van der Waals surface area (Å²) in [5.74, 6) is 0.227. The predicted octanol–water partition coefficient (Wildman–Crippen LogP) is 1.29. The third-order valence-electron chi connectivity index (χ3n) is 1.83. The quantitative estimate of drug-likeness (QED) is 0.415. The van der Waals surface area contributed by atoms with Crippen molar-refractivity contribution in [2.24, 2.45) is 0 Å². The second kappa shape index (κ2) is 7.29. The summed E-state index contributed by atoms with van der Waals surface area (Å²) in [4.78, 5) is 13.4. The van der Waals surface area contributed by atoms with Gasteiger partial charge in [-0.05, 0) is 34.0 Å². The Hall–Kier alpha value is -1.08. The molecule has 0 aliphatic heterocycles. The highest BCUT2D eigenvalue weighted by molar-refractivity contribution is 7.99. The number of nitrogens with zero attached hydrogens (tertiary/aromatic N) is 3. The maximum Gasteiger partial charge on any atom is 0.396 e. The fraction of sp³-hybridized carbons (Fsp3) is 0.700. The van der Waals surface area contributed by atoms with Gasteiger partial charge in [0.15, 0.2) is 0 Å². The number of carbonyl (C=O) groups is 1. The zero-order chi connectivity index (χ0) is 12.7. The summed E-state index contributed by atoms with van der Waals surface area (Å²) in [6.45, 7) is 3.03. The lowest BCUT2D eigenvalue weighted by molar-refractivity contribution is 0.0475. The molecule has 0 saturated heterocycles. The van der Waals surface area contributed by atoms with Gasteiger partial charge in [-0.2, -0.15) is 0 Å². The van der Waals surface area contributed by atoms with Crippen molar-refractivity contribution in [1.29, 1.82) is 0 Å². The molecule has 17 heavy (non-hydrogen) atoms. The Morgan fingerprint density at radius 2 is 2.24 bits per heavy atom. The van der Waals surface area contributed by atoms with Gasteiger partial charge in [0.05, 0.1) is 6.61 Å². The molecule has 0 aromatic carbocycles. The van der Waals surface area contributed by atoms with Crippen LogP contribution in [-0.4, -0.2) is 54.1 Å². The first-order chi connectivity index (χ1) is 8.13. The van der Waals surface area contributed by atoms with E-state index in [0.29, 0.717) is 11.8 Å². The van der Waals surface area contributed by atoms with Gasteiger partial charge >= 0.3 is 11.9 Å². The van der Waals surface area contributed by atoms with Crippen molar-refractivity contribution in [3.8, 4) is 0 Å². The first-order valence-electron chi connectivity index (χ1n) is 5.41. The third kappa shape index (κ3) is 5.18. The highest BCUT2D eigenvalue weighted by atomic mass is 32.2. The maximum atomic E-state index is 11.2. The lowest BCUT2D eigenvalue weighted by atomic mass is 10.5. The van der Waals surface area contributed by atoms with Gasteiger partial charge in [-0.15, -0.1) is 5.10 Å². The Morgan fingerprint density at radius 1 is 1.47 bits per heavy atom. The van der Waals surface area contributed by atoms with Gasteiger partial charge in [-0.25, -0.2) is 4.79 Å². The molecule has 0 amide bonds. The number of carbonyl (C=O) groups excluding carboxylic acids is 1. The molecule has 0 radical (unpaired) electrons. The summed E-state index contributed by atoms with van der Waals surface area (Å²) >= 11 is 1.44. The molecule has 7 heteroatoms. The Labute approximate surface area is 105 Å². The molecule has 1 heterocycles. The highest BCUT2D eigenvalue weighted by Crippen LogP contribution is 2.17. The van der Waals surface area contributed by atoms with Gasteiger partial charge in [-0.1, -0.05) is 16.9 Å². The van der Waals surface area contributed by atoms with Crippen LogP contribution in [0.4, 0.5) is 0 Å². The predicted molar refractivity (Wildman–Crippen MR) is 64.1 cm³/mol. The van der Waals surface area contributed by atoms with E-state index in [4.69, 9.17) is 9.15 Å². The molecule has 0 fully saturated rings. The summed E-state index contributed by atoms with van der Waals surface area (Å²) in [7, 11) is 4.05. The minimum absolute atomic E-state index is 0.0815. The summed E-state index contributed by atoms with van der Waals surface area (Å²) in [6, 6.07) is 0. The second-order valence-electron chi connectivity index (χ2n) is 3.60. The fourth-order valence-electron chi connectivity index (χ4n) is 1.08. The maximum absolute atomic E-state index is 11.2. The largest absolute Gasteiger partial charge is 0.459 e. The summed E-state index contributed by atoms with van der Waals surface area (Å²) in [5, 5.41) is 7.80. The standard InChI is InChI=1S/C10H17N3O3S/c1-4-15-9(14)8-11-12-10(16-8)17-7-5-6-13(2)3/h4-7H2,1-3H3. The average molecular weight is 259 g/mol. The smallest absolute Gasteiger partial charge is 0.396 e. The molecule has 6 nitrogen and oxygen atoms in total. The van der Waals surface area contributed by atoms with E-state index in [1.165, 1.54) is 11.8 Å². The molecule has 0 N–H and O–H groups in total. The molecular weight excluding hydrogens is 242 g/mol. The molecule has 0 atom stereocenters. The Morgan fingerprint density at radius 3 is 2.88 bits per heavy atom. The van der Waals surface area contributed by atoms with Crippen LogP contribution in [0, 0.1) is 0 Å². The Bertz CT molecular complexity index is 354. The zero-order valence-electron chi connectivity index (χ0n) is 10.3. The van der Waals surface area contributed by atoms with Crippen LogP contribution >= 0.6 is 11.8 Å².